The highest BCUT2D eigenvalue weighted by atomic mass is 35.5. The first-order chi connectivity index (χ1) is 11.0. The summed E-state index contributed by atoms with van der Waals surface area (Å²) in [5.74, 6) is -0.895. The Balaban J connectivity index is 2.21. The van der Waals surface area contributed by atoms with Crippen molar-refractivity contribution in [1.29, 1.82) is 0 Å². The van der Waals surface area contributed by atoms with Crippen LogP contribution in [0.3, 0.4) is 0 Å². The lowest BCUT2D eigenvalue weighted by atomic mass is 9.96. The Morgan fingerprint density at radius 3 is 2.61 bits per heavy atom. The van der Waals surface area contributed by atoms with Crippen molar-refractivity contribution in [2.75, 3.05) is 11.9 Å². The molecule has 0 saturated heterocycles. The first-order valence-corrected chi connectivity index (χ1v) is 7.45. The van der Waals surface area contributed by atoms with Crippen molar-refractivity contribution < 1.29 is 14.0 Å². The van der Waals surface area contributed by atoms with Crippen LogP contribution in [0.25, 0.3) is 0 Å². The topological polar surface area (TPSA) is 49.4 Å². The van der Waals surface area contributed by atoms with Crippen LogP contribution in [0.2, 0.25) is 5.02 Å². The summed E-state index contributed by atoms with van der Waals surface area (Å²) in [6, 6.07) is 10.5. The third-order valence-electron chi connectivity index (χ3n) is 3.80. The fraction of sp³-hybridized carbons (Fsp3) is 0.176. The van der Waals surface area contributed by atoms with Crippen molar-refractivity contribution in [2.45, 2.75) is 13.0 Å². The van der Waals surface area contributed by atoms with Crippen molar-refractivity contribution >= 4 is 29.1 Å². The number of rotatable bonds is 1. The zero-order valence-corrected chi connectivity index (χ0v) is 13.1. The Hall–Kier alpha value is -2.40. The van der Waals surface area contributed by atoms with Crippen LogP contribution >= 0.6 is 11.6 Å². The van der Waals surface area contributed by atoms with E-state index in [0.29, 0.717) is 21.8 Å². The van der Waals surface area contributed by atoms with Crippen LogP contribution in [-0.2, 0) is 9.59 Å². The molecule has 2 aromatic rings. The van der Waals surface area contributed by atoms with Gasteiger partial charge in [0.1, 0.15) is 12.4 Å². The third-order valence-corrected chi connectivity index (χ3v) is 4.03. The fourth-order valence-electron chi connectivity index (χ4n) is 2.77. The molecule has 3 rings (SSSR count). The summed E-state index contributed by atoms with van der Waals surface area (Å²) in [4.78, 5) is 25.6. The molecule has 0 fully saturated rings. The number of amides is 2. The zero-order valence-electron chi connectivity index (χ0n) is 12.3. The Labute approximate surface area is 137 Å². The number of nitrogens with one attached hydrogen (secondary N) is 1. The Morgan fingerprint density at radius 2 is 1.96 bits per heavy atom. The van der Waals surface area contributed by atoms with Gasteiger partial charge in [-0.05, 0) is 35.9 Å². The molecule has 23 heavy (non-hydrogen) atoms. The molecule has 0 spiro atoms. The number of hydrogen-bond acceptors (Lipinski definition) is 2. The van der Waals surface area contributed by atoms with Gasteiger partial charge in [0.05, 0.1) is 6.04 Å². The molecule has 6 heteroatoms. The molecule has 0 aromatic heterocycles. The first-order valence-electron chi connectivity index (χ1n) is 7.07. The van der Waals surface area contributed by atoms with Crippen LogP contribution in [0, 0.1) is 5.82 Å². The lowest BCUT2D eigenvalue weighted by Gasteiger charge is -2.29. The van der Waals surface area contributed by atoms with E-state index in [1.165, 1.54) is 24.0 Å². The predicted octanol–water partition coefficient (Wildman–Crippen LogP) is 3.37. The average molecular weight is 333 g/mol. The standard InChI is InChI=1S/C17H14ClFN2O2/c1-10(22)21-9-16(23)20-15-7-4-12(18)8-14(15)17(21)11-2-5-13(19)6-3-11/h2-8,17H,9H2,1H3,(H,20,23)/t17-/m0/s1. The second-order valence-electron chi connectivity index (χ2n) is 5.38. The number of carbonyl (C=O) groups excluding carboxylic acids is 2. The largest absolute Gasteiger partial charge is 0.324 e. The molecule has 0 unspecified atom stereocenters. The van der Waals surface area contributed by atoms with Crippen LogP contribution < -0.4 is 5.32 Å². The molecular weight excluding hydrogens is 319 g/mol. The minimum Gasteiger partial charge on any atom is -0.324 e. The molecule has 1 aliphatic heterocycles. The maximum absolute atomic E-state index is 13.2. The molecule has 0 radical (unpaired) electrons. The molecule has 0 aliphatic carbocycles. The molecule has 1 heterocycles. The molecule has 0 saturated carbocycles. The minimum atomic E-state index is -0.513. The molecular formula is C17H14ClFN2O2. The van der Waals surface area contributed by atoms with Crippen molar-refractivity contribution in [3.63, 3.8) is 0 Å². The summed E-state index contributed by atoms with van der Waals surface area (Å²) in [5, 5.41) is 3.28. The molecule has 1 N–H and O–H groups in total. The Morgan fingerprint density at radius 1 is 1.26 bits per heavy atom. The van der Waals surface area contributed by atoms with Gasteiger partial charge in [-0.15, -0.1) is 0 Å². The van der Waals surface area contributed by atoms with E-state index in [2.05, 4.69) is 5.32 Å². The van der Waals surface area contributed by atoms with Crippen LogP contribution in [0.4, 0.5) is 10.1 Å². The van der Waals surface area contributed by atoms with E-state index in [1.54, 1.807) is 30.3 Å². The predicted molar refractivity (Wildman–Crippen MR) is 85.7 cm³/mol. The van der Waals surface area contributed by atoms with E-state index >= 15 is 0 Å². The summed E-state index contributed by atoms with van der Waals surface area (Å²) in [5.41, 5.74) is 2.00. The summed E-state index contributed by atoms with van der Waals surface area (Å²) >= 11 is 6.10. The van der Waals surface area contributed by atoms with E-state index in [-0.39, 0.29) is 24.2 Å². The SMILES string of the molecule is CC(=O)N1CC(=O)Nc2ccc(Cl)cc2[C@@H]1c1ccc(F)cc1. The summed E-state index contributed by atoms with van der Waals surface area (Å²) in [6.07, 6.45) is 0. The highest BCUT2D eigenvalue weighted by Gasteiger charge is 2.32. The minimum absolute atomic E-state index is 0.0797. The second kappa shape index (κ2) is 6.01. The zero-order chi connectivity index (χ0) is 16.6. The van der Waals surface area contributed by atoms with Crippen LogP contribution in [0.15, 0.2) is 42.5 Å². The van der Waals surface area contributed by atoms with Gasteiger partial charge in [0.25, 0.3) is 0 Å². The third kappa shape index (κ3) is 3.05. The smallest absolute Gasteiger partial charge is 0.244 e. The van der Waals surface area contributed by atoms with E-state index in [9.17, 15) is 14.0 Å². The lowest BCUT2D eigenvalue weighted by molar-refractivity contribution is -0.134. The van der Waals surface area contributed by atoms with E-state index in [4.69, 9.17) is 11.6 Å². The monoisotopic (exact) mass is 332 g/mol. The van der Waals surface area contributed by atoms with Crippen LogP contribution in [0.5, 0.6) is 0 Å². The highest BCUT2D eigenvalue weighted by Crippen LogP contribution is 2.37. The highest BCUT2D eigenvalue weighted by molar-refractivity contribution is 6.30. The van der Waals surface area contributed by atoms with Gasteiger partial charge in [-0.1, -0.05) is 23.7 Å². The van der Waals surface area contributed by atoms with Gasteiger partial charge in [-0.3, -0.25) is 9.59 Å². The van der Waals surface area contributed by atoms with Crippen molar-refractivity contribution in [1.82, 2.24) is 4.90 Å². The number of fused-ring (bicyclic) bond motifs is 1. The van der Waals surface area contributed by atoms with Crippen LogP contribution in [-0.4, -0.2) is 23.3 Å². The molecule has 1 aliphatic rings. The maximum Gasteiger partial charge on any atom is 0.244 e. The number of benzene rings is 2. The quantitative estimate of drug-likeness (QED) is 0.870. The number of nitrogens with zero attached hydrogens (tertiary/aromatic N) is 1. The van der Waals surface area contributed by atoms with Gasteiger partial charge in [0, 0.05) is 23.2 Å². The van der Waals surface area contributed by atoms with Gasteiger partial charge in [-0.2, -0.15) is 0 Å². The molecule has 2 aromatic carbocycles. The Kier molecular flexibility index (Phi) is 4.05. The Bertz CT molecular complexity index is 777. The average Bonchev–Trinajstić information content (AvgIpc) is 2.64. The normalized spacial score (nSPS) is 17.3. The van der Waals surface area contributed by atoms with Crippen LogP contribution in [0.1, 0.15) is 24.1 Å². The van der Waals surface area contributed by atoms with E-state index in [1.807, 2.05) is 0 Å². The van der Waals surface area contributed by atoms with Gasteiger partial charge in [0.15, 0.2) is 0 Å². The maximum atomic E-state index is 13.2. The first kappa shape index (κ1) is 15.5. The van der Waals surface area contributed by atoms with Gasteiger partial charge in [0.2, 0.25) is 11.8 Å². The molecule has 2 amide bonds. The molecule has 1 atom stereocenters. The summed E-state index contributed by atoms with van der Waals surface area (Å²) in [6.45, 7) is 1.32. The van der Waals surface area contributed by atoms with Crippen molar-refractivity contribution in [3.05, 3.63) is 64.4 Å². The van der Waals surface area contributed by atoms with Crippen molar-refractivity contribution in [3.8, 4) is 0 Å². The molecule has 4 nitrogen and oxygen atoms in total. The van der Waals surface area contributed by atoms with Gasteiger partial charge < -0.3 is 10.2 Å². The van der Waals surface area contributed by atoms with Gasteiger partial charge >= 0.3 is 0 Å². The molecule has 0 bridgehead atoms. The second-order valence-corrected chi connectivity index (χ2v) is 5.82. The summed E-state index contributed by atoms with van der Waals surface area (Å²) < 4.78 is 13.2. The fourth-order valence-corrected chi connectivity index (χ4v) is 2.96. The van der Waals surface area contributed by atoms with Crippen molar-refractivity contribution in [2.24, 2.45) is 0 Å². The van der Waals surface area contributed by atoms with E-state index < -0.39 is 6.04 Å². The lowest BCUT2D eigenvalue weighted by Crippen LogP contribution is -2.37. The number of anilines is 1. The molecule has 118 valence electrons. The number of carbonyl (C=O) groups is 2. The van der Waals surface area contributed by atoms with E-state index in [0.717, 1.165) is 0 Å². The number of halogens is 2. The van der Waals surface area contributed by atoms with Gasteiger partial charge in [-0.25, -0.2) is 4.39 Å². The number of hydrogen-bond donors (Lipinski definition) is 1. The summed E-state index contributed by atoms with van der Waals surface area (Å²) in [7, 11) is 0.